The van der Waals surface area contributed by atoms with Gasteiger partial charge in [-0.15, -0.1) is 0 Å². The van der Waals surface area contributed by atoms with Gasteiger partial charge in [0.15, 0.2) is 0 Å². The summed E-state index contributed by atoms with van der Waals surface area (Å²) in [5.41, 5.74) is 0. The summed E-state index contributed by atoms with van der Waals surface area (Å²) in [5, 5.41) is 1.72. The van der Waals surface area contributed by atoms with Crippen LogP contribution in [0.25, 0.3) is 0 Å². The first-order valence-electron chi connectivity index (χ1n) is 12.4. The van der Waals surface area contributed by atoms with Crippen LogP contribution >= 0.6 is 22.2 Å². The molecule has 0 aromatic rings. The normalized spacial score (nSPS) is 15.3. The molecular weight excluding hydrogens is 593 g/mol. The van der Waals surface area contributed by atoms with E-state index in [2.05, 4.69) is 135 Å². The Labute approximate surface area is 240 Å². The summed E-state index contributed by atoms with van der Waals surface area (Å²) in [7, 11) is -6.71. The van der Waals surface area contributed by atoms with Crippen LogP contribution in [0.15, 0.2) is 0 Å². The SMILES string of the molecule is CC(C)(C)[Si](C)(C)[Si](Cl)[Si](C)(C)C(C)(C)C.CC(C)(C)[Si](C)(C)[Si](Cl)[Si](C)(C)C(C)(C)C.[Zn]. The van der Waals surface area contributed by atoms with Gasteiger partial charge in [-0.2, -0.15) is 22.2 Å². The van der Waals surface area contributed by atoms with Gasteiger partial charge in [0.25, 0.3) is 0 Å². The molecule has 0 saturated carbocycles. The van der Waals surface area contributed by atoms with Crippen molar-refractivity contribution in [3.8, 4) is 0 Å². The number of hydrogen-bond donors (Lipinski definition) is 0. The van der Waals surface area contributed by atoms with E-state index in [-0.39, 0.29) is 19.5 Å². The molecule has 0 nitrogen and oxygen atoms in total. The fraction of sp³-hybridized carbons (Fsp3) is 1.00. The molecule has 0 aliphatic rings. The maximum atomic E-state index is 7.06. The van der Waals surface area contributed by atoms with Gasteiger partial charge in [0.2, 0.25) is 0 Å². The third kappa shape index (κ3) is 9.33. The number of halogens is 2. The van der Waals surface area contributed by atoms with Gasteiger partial charge in [0.05, 0.1) is 30.4 Å². The van der Waals surface area contributed by atoms with Crippen molar-refractivity contribution in [2.75, 3.05) is 0 Å². The first-order chi connectivity index (χ1) is 13.3. The number of rotatable bonds is 4. The quantitative estimate of drug-likeness (QED) is 0.209. The maximum Gasteiger partial charge on any atom is 0.144 e. The van der Waals surface area contributed by atoms with E-state index in [1.165, 1.54) is 0 Å². The molecule has 0 bridgehead atoms. The molecule has 0 amide bonds. The zero-order valence-corrected chi connectivity index (χ0v) is 36.9. The van der Waals surface area contributed by atoms with Crippen LogP contribution < -0.4 is 0 Å². The molecule has 2 radical (unpaired) electrons. The van der Waals surface area contributed by atoms with Crippen LogP contribution in [0, 0.1) is 0 Å². The van der Waals surface area contributed by atoms with Gasteiger partial charge in [-0.05, 0) is 20.2 Å². The largest absolute Gasteiger partial charge is 0.176 e. The minimum absolute atomic E-state index is 0. The van der Waals surface area contributed by atoms with Crippen molar-refractivity contribution in [1.29, 1.82) is 0 Å². The fourth-order valence-corrected chi connectivity index (χ4v) is 77.7. The molecule has 0 aliphatic carbocycles. The standard InChI is InChI=1S/2C12H30ClSi3.Zn/c2*1-11(2,3)15(7,8)14(13)16(9,10)12(4,5)6;/h2*1-10H3;. The topological polar surface area (TPSA) is 0 Å². The molecule has 0 aromatic carbocycles. The Bertz CT molecular complexity index is 500. The van der Waals surface area contributed by atoms with E-state index in [1.54, 1.807) is 0 Å². The van der Waals surface area contributed by atoms with Crippen molar-refractivity contribution in [2.24, 2.45) is 0 Å². The zero-order valence-electron chi connectivity index (χ0n) is 26.5. The summed E-state index contributed by atoms with van der Waals surface area (Å²) in [6.45, 7) is 48.7. The number of hydrogen-bond acceptors (Lipinski definition) is 0. The van der Waals surface area contributed by atoms with Gasteiger partial charge in [-0.25, -0.2) is 0 Å². The summed E-state index contributed by atoms with van der Waals surface area (Å²) >= 11 is 14.1. The van der Waals surface area contributed by atoms with Crippen LogP contribution in [0.5, 0.6) is 0 Å². The van der Waals surface area contributed by atoms with Crippen LogP contribution in [0.1, 0.15) is 83.1 Å². The molecule has 0 N–H and O–H groups in total. The van der Waals surface area contributed by atoms with Gasteiger partial charge in [-0.1, -0.05) is 135 Å². The second-order valence-electron chi connectivity index (χ2n) is 16.1. The van der Waals surface area contributed by atoms with E-state index >= 15 is 0 Å². The summed E-state index contributed by atoms with van der Waals surface area (Å²) in [6.07, 6.45) is 0. The first-order valence-corrected chi connectivity index (χ1v) is 33.4. The van der Waals surface area contributed by atoms with E-state index in [0.717, 1.165) is 0 Å². The molecule has 33 heavy (non-hydrogen) atoms. The molecule has 0 saturated heterocycles. The molecule has 196 valence electrons. The minimum Gasteiger partial charge on any atom is -0.176 e. The van der Waals surface area contributed by atoms with Crippen LogP contribution in [0.4, 0.5) is 0 Å². The Morgan fingerprint density at radius 2 is 0.455 bits per heavy atom. The Hall–Kier alpha value is 2.50. The third-order valence-electron chi connectivity index (χ3n) is 9.69. The average molecular weight is 654 g/mol. The van der Waals surface area contributed by atoms with E-state index < -0.39 is 44.6 Å². The fourth-order valence-electron chi connectivity index (χ4n) is 2.88. The minimum atomic E-state index is -1.32. The smallest absolute Gasteiger partial charge is 0.144 e. The Kier molecular flexibility index (Phi) is 14.7. The van der Waals surface area contributed by atoms with Crippen molar-refractivity contribution in [3.05, 3.63) is 0 Å². The molecule has 0 fully saturated rings. The predicted octanol–water partition coefficient (Wildman–Crippen LogP) is 10.8. The maximum absolute atomic E-state index is 7.06. The molecule has 9 heteroatoms. The summed E-state index contributed by atoms with van der Waals surface area (Å²) in [6, 6.07) is 0. The predicted molar refractivity (Wildman–Crippen MR) is 172 cm³/mol. The molecule has 0 spiro atoms. The van der Waals surface area contributed by atoms with Crippen molar-refractivity contribution in [2.45, 2.75) is 156 Å². The summed E-state index contributed by atoms with van der Waals surface area (Å²) in [4.78, 5) is 0. The van der Waals surface area contributed by atoms with Crippen molar-refractivity contribution >= 4 is 66.8 Å². The molecular formula is C24H60Cl2Si6Zn. The van der Waals surface area contributed by atoms with Gasteiger partial charge >= 0.3 is 0 Å². The second kappa shape index (κ2) is 12.1. The van der Waals surface area contributed by atoms with E-state index in [0.29, 0.717) is 20.2 Å². The van der Waals surface area contributed by atoms with Crippen LogP contribution in [-0.4, -0.2) is 44.6 Å². The second-order valence-corrected chi connectivity index (χ2v) is 66.5. The van der Waals surface area contributed by atoms with Crippen molar-refractivity contribution < 1.29 is 19.5 Å². The van der Waals surface area contributed by atoms with Gasteiger partial charge in [-0.3, -0.25) is 0 Å². The van der Waals surface area contributed by atoms with Crippen LogP contribution in [0.3, 0.4) is 0 Å². The monoisotopic (exact) mass is 650 g/mol. The average Bonchev–Trinajstić information content (AvgIpc) is 2.49. The summed E-state index contributed by atoms with van der Waals surface area (Å²) in [5.74, 6) is 0. The molecule has 0 unspecified atom stereocenters. The molecule has 0 rings (SSSR count). The Balaban J connectivity index is -0.000000529. The Morgan fingerprint density at radius 3 is 0.515 bits per heavy atom. The van der Waals surface area contributed by atoms with Crippen LogP contribution in [-0.2, 0) is 19.5 Å². The van der Waals surface area contributed by atoms with E-state index in [4.69, 9.17) is 22.2 Å². The van der Waals surface area contributed by atoms with Crippen LogP contribution in [0.2, 0.25) is 72.5 Å². The molecule has 0 aliphatic heterocycles. The van der Waals surface area contributed by atoms with Gasteiger partial charge < -0.3 is 0 Å². The molecule has 0 atom stereocenters. The third-order valence-corrected chi connectivity index (χ3v) is 90.8. The van der Waals surface area contributed by atoms with Gasteiger partial charge in [0.1, 0.15) is 14.3 Å². The van der Waals surface area contributed by atoms with Gasteiger partial charge in [0, 0.05) is 19.5 Å². The zero-order chi connectivity index (χ0) is 27.2. The molecule has 0 aromatic heterocycles. The summed E-state index contributed by atoms with van der Waals surface area (Å²) < 4.78 is 0. The van der Waals surface area contributed by atoms with Crippen molar-refractivity contribution in [1.82, 2.24) is 0 Å². The molecule has 0 heterocycles. The Morgan fingerprint density at radius 1 is 0.364 bits per heavy atom. The van der Waals surface area contributed by atoms with Crippen molar-refractivity contribution in [3.63, 3.8) is 0 Å². The van der Waals surface area contributed by atoms with E-state index in [1.807, 2.05) is 0 Å². The first kappa shape index (κ1) is 40.0. The van der Waals surface area contributed by atoms with E-state index in [9.17, 15) is 0 Å².